The van der Waals surface area contributed by atoms with E-state index in [4.69, 9.17) is 9.05 Å². The van der Waals surface area contributed by atoms with E-state index in [1.807, 2.05) is 13.8 Å². The standard InChI is InChI=1S/C16H39N3O3P/c1-15(2,14-18(5)6)13-16(3,4)17-23(20,21-10)22-12-11-19(7,8)9/h11-14H2,1-10H3,(H,17,20)/q+1. The minimum Gasteiger partial charge on any atom is -0.329 e. The van der Waals surface area contributed by atoms with Crippen LogP contribution in [0.5, 0.6) is 0 Å². The summed E-state index contributed by atoms with van der Waals surface area (Å²) in [4.78, 5) is 2.17. The fraction of sp³-hybridized carbons (Fsp3) is 1.00. The third kappa shape index (κ3) is 11.2. The van der Waals surface area contributed by atoms with Gasteiger partial charge in [0, 0.05) is 19.2 Å². The Balaban J connectivity index is 4.77. The summed E-state index contributed by atoms with van der Waals surface area (Å²) < 4.78 is 24.3. The molecule has 0 aliphatic carbocycles. The molecular formula is C16H39N3O3P+. The first-order valence-electron chi connectivity index (χ1n) is 8.15. The summed E-state index contributed by atoms with van der Waals surface area (Å²) >= 11 is 0. The van der Waals surface area contributed by atoms with Gasteiger partial charge in [-0.15, -0.1) is 0 Å². The third-order valence-corrected chi connectivity index (χ3v) is 5.25. The fourth-order valence-electron chi connectivity index (χ4n) is 3.08. The average Bonchev–Trinajstić information content (AvgIpc) is 2.22. The van der Waals surface area contributed by atoms with Gasteiger partial charge in [0.1, 0.15) is 13.2 Å². The zero-order valence-electron chi connectivity index (χ0n) is 16.9. The Morgan fingerprint density at radius 3 is 2.04 bits per heavy atom. The molecule has 0 aliphatic rings. The molecule has 0 saturated carbocycles. The van der Waals surface area contributed by atoms with Gasteiger partial charge in [-0.1, -0.05) is 13.8 Å². The van der Waals surface area contributed by atoms with Crippen molar-refractivity contribution in [2.75, 3.05) is 62.0 Å². The SMILES string of the molecule is COP(=O)(NC(C)(C)CC(C)(C)CN(C)C)OCC[N+](C)(C)C. The predicted octanol–water partition coefficient (Wildman–Crippen LogP) is 2.81. The van der Waals surface area contributed by atoms with Crippen molar-refractivity contribution in [3.8, 4) is 0 Å². The van der Waals surface area contributed by atoms with Crippen LogP contribution in [0, 0.1) is 5.41 Å². The van der Waals surface area contributed by atoms with Crippen LogP contribution in [0.4, 0.5) is 0 Å². The van der Waals surface area contributed by atoms with Gasteiger partial charge in [0.15, 0.2) is 0 Å². The number of quaternary nitrogens is 1. The van der Waals surface area contributed by atoms with E-state index < -0.39 is 7.75 Å². The smallest absolute Gasteiger partial charge is 0.329 e. The number of hydrogen-bond donors (Lipinski definition) is 1. The molecule has 6 nitrogen and oxygen atoms in total. The first kappa shape index (κ1) is 23.0. The van der Waals surface area contributed by atoms with E-state index in [9.17, 15) is 4.57 Å². The number of rotatable bonds is 11. The van der Waals surface area contributed by atoms with Crippen LogP contribution in [0.25, 0.3) is 0 Å². The van der Waals surface area contributed by atoms with Crippen LogP contribution < -0.4 is 5.09 Å². The minimum atomic E-state index is -3.30. The molecule has 0 aromatic rings. The number of nitrogens with zero attached hydrogens (tertiary/aromatic N) is 2. The van der Waals surface area contributed by atoms with Gasteiger partial charge in [0.05, 0.1) is 21.1 Å². The molecule has 0 amide bonds. The van der Waals surface area contributed by atoms with Crippen molar-refractivity contribution in [2.24, 2.45) is 5.41 Å². The Bertz CT molecular complexity index is 404. The molecule has 0 rings (SSSR count). The summed E-state index contributed by atoms with van der Waals surface area (Å²) in [5.74, 6) is 0. The van der Waals surface area contributed by atoms with E-state index in [0.29, 0.717) is 6.61 Å². The molecule has 1 atom stereocenters. The maximum absolute atomic E-state index is 12.8. The van der Waals surface area contributed by atoms with E-state index in [1.54, 1.807) is 0 Å². The molecule has 0 saturated heterocycles. The van der Waals surface area contributed by atoms with Crippen LogP contribution in [0.3, 0.4) is 0 Å². The van der Waals surface area contributed by atoms with E-state index in [2.05, 4.69) is 59.1 Å². The first-order valence-corrected chi connectivity index (χ1v) is 9.69. The second kappa shape index (κ2) is 8.41. The van der Waals surface area contributed by atoms with Crippen LogP contribution >= 0.6 is 7.75 Å². The van der Waals surface area contributed by atoms with E-state index in [1.165, 1.54) is 7.11 Å². The van der Waals surface area contributed by atoms with Gasteiger partial charge in [-0.2, -0.15) is 0 Å². The Morgan fingerprint density at radius 1 is 1.13 bits per heavy atom. The summed E-state index contributed by atoms with van der Waals surface area (Å²) in [6, 6.07) is 0. The molecule has 23 heavy (non-hydrogen) atoms. The molecule has 0 fully saturated rings. The molecule has 0 aliphatic heterocycles. The van der Waals surface area contributed by atoms with E-state index in [0.717, 1.165) is 24.0 Å². The summed E-state index contributed by atoms with van der Waals surface area (Å²) in [6.45, 7) is 10.6. The maximum atomic E-state index is 12.8. The average molecular weight is 352 g/mol. The first-order chi connectivity index (χ1) is 10.1. The molecular weight excluding hydrogens is 313 g/mol. The Morgan fingerprint density at radius 2 is 1.65 bits per heavy atom. The quantitative estimate of drug-likeness (QED) is 0.458. The summed E-state index contributed by atoms with van der Waals surface area (Å²) in [7, 11) is 8.48. The molecule has 140 valence electrons. The largest absolute Gasteiger partial charge is 0.405 e. The zero-order valence-corrected chi connectivity index (χ0v) is 17.8. The zero-order chi connectivity index (χ0) is 18.5. The third-order valence-electron chi connectivity index (χ3n) is 3.37. The summed E-state index contributed by atoms with van der Waals surface area (Å²) in [6.07, 6.45) is 0.851. The van der Waals surface area contributed by atoms with Crippen molar-refractivity contribution in [1.82, 2.24) is 9.99 Å². The van der Waals surface area contributed by atoms with Gasteiger partial charge < -0.3 is 13.9 Å². The molecule has 0 aromatic carbocycles. The van der Waals surface area contributed by atoms with Crippen molar-refractivity contribution >= 4 is 7.75 Å². The topological polar surface area (TPSA) is 50.8 Å². The molecule has 0 spiro atoms. The van der Waals surface area contributed by atoms with E-state index >= 15 is 0 Å². The van der Waals surface area contributed by atoms with Crippen LogP contribution in [-0.2, 0) is 13.6 Å². The van der Waals surface area contributed by atoms with Crippen LogP contribution in [-0.4, -0.2) is 77.0 Å². The lowest BCUT2D eigenvalue weighted by Crippen LogP contribution is -2.44. The van der Waals surface area contributed by atoms with Crippen LogP contribution in [0.2, 0.25) is 0 Å². The normalized spacial score (nSPS) is 16.7. The lowest BCUT2D eigenvalue weighted by Gasteiger charge is -2.38. The monoisotopic (exact) mass is 352 g/mol. The maximum Gasteiger partial charge on any atom is 0.405 e. The van der Waals surface area contributed by atoms with Gasteiger partial charge in [0.25, 0.3) is 0 Å². The Labute approximate surface area is 143 Å². The number of likely N-dealkylation sites (N-methyl/N-ethyl adjacent to an activating group) is 1. The van der Waals surface area contributed by atoms with Crippen molar-refractivity contribution in [3.05, 3.63) is 0 Å². The molecule has 0 heterocycles. The summed E-state index contributed by atoms with van der Waals surface area (Å²) in [5, 5.41) is 3.12. The molecule has 1 unspecified atom stereocenters. The second-order valence-electron chi connectivity index (χ2n) is 9.10. The highest BCUT2D eigenvalue weighted by molar-refractivity contribution is 7.51. The molecule has 0 aromatic heterocycles. The lowest BCUT2D eigenvalue weighted by atomic mass is 9.80. The minimum absolute atomic E-state index is 0.0842. The van der Waals surface area contributed by atoms with Gasteiger partial charge >= 0.3 is 7.75 Å². The molecule has 7 heteroatoms. The van der Waals surface area contributed by atoms with Crippen LogP contribution in [0.1, 0.15) is 34.1 Å². The van der Waals surface area contributed by atoms with Gasteiger partial charge in [-0.25, -0.2) is 9.65 Å². The van der Waals surface area contributed by atoms with Gasteiger partial charge in [0.2, 0.25) is 0 Å². The van der Waals surface area contributed by atoms with Gasteiger partial charge in [-0.05, 0) is 39.8 Å². The Hall–Kier alpha value is 0.0300. The van der Waals surface area contributed by atoms with Crippen LogP contribution in [0.15, 0.2) is 0 Å². The van der Waals surface area contributed by atoms with Crippen molar-refractivity contribution < 1.29 is 18.1 Å². The number of nitrogens with one attached hydrogen (secondary N) is 1. The lowest BCUT2D eigenvalue weighted by molar-refractivity contribution is -0.870. The van der Waals surface area contributed by atoms with Crippen molar-refractivity contribution in [2.45, 2.75) is 39.7 Å². The van der Waals surface area contributed by atoms with Crippen molar-refractivity contribution in [1.29, 1.82) is 0 Å². The number of hydrogen-bond acceptors (Lipinski definition) is 4. The summed E-state index contributed by atoms with van der Waals surface area (Å²) in [5.41, 5.74) is -0.275. The van der Waals surface area contributed by atoms with Gasteiger partial charge in [-0.3, -0.25) is 4.52 Å². The molecule has 0 radical (unpaired) electrons. The second-order valence-corrected chi connectivity index (χ2v) is 10.9. The molecule has 0 bridgehead atoms. The molecule has 1 N–H and O–H groups in total. The highest BCUT2D eigenvalue weighted by Crippen LogP contribution is 2.46. The fourth-order valence-corrected chi connectivity index (χ4v) is 4.49. The van der Waals surface area contributed by atoms with E-state index in [-0.39, 0.29) is 11.0 Å². The Kier molecular flexibility index (Phi) is 8.42. The predicted molar refractivity (Wildman–Crippen MR) is 97.6 cm³/mol. The highest BCUT2D eigenvalue weighted by atomic mass is 31.2. The highest BCUT2D eigenvalue weighted by Gasteiger charge is 2.36. The van der Waals surface area contributed by atoms with Crippen molar-refractivity contribution in [3.63, 3.8) is 0 Å².